The van der Waals surface area contributed by atoms with Crippen LogP contribution < -0.4 is 15.0 Å². The van der Waals surface area contributed by atoms with Crippen molar-refractivity contribution in [3.63, 3.8) is 0 Å². The summed E-state index contributed by atoms with van der Waals surface area (Å²) in [4.78, 5) is 31.6. The molecule has 0 aromatic carbocycles. The van der Waals surface area contributed by atoms with Crippen LogP contribution in [0.25, 0.3) is 5.65 Å². The van der Waals surface area contributed by atoms with Crippen LogP contribution in [0.4, 0.5) is 16.0 Å². The van der Waals surface area contributed by atoms with E-state index in [1.807, 2.05) is 18.0 Å². The zero-order chi connectivity index (χ0) is 21.6. The Labute approximate surface area is 178 Å². The first-order valence-electron chi connectivity index (χ1n) is 10.4. The van der Waals surface area contributed by atoms with Crippen molar-refractivity contribution in [3.05, 3.63) is 36.2 Å². The van der Waals surface area contributed by atoms with Crippen LogP contribution in [0.1, 0.15) is 41.9 Å². The van der Waals surface area contributed by atoms with E-state index in [0.717, 1.165) is 18.0 Å². The van der Waals surface area contributed by atoms with Crippen LogP contribution in [0, 0.1) is 12.8 Å². The fourth-order valence-corrected chi connectivity index (χ4v) is 3.90. The first-order chi connectivity index (χ1) is 14.9. The number of halogens is 1. The lowest BCUT2D eigenvalue weighted by Crippen LogP contribution is -2.59. The van der Waals surface area contributed by atoms with Gasteiger partial charge in [-0.2, -0.15) is 4.98 Å². The van der Waals surface area contributed by atoms with Gasteiger partial charge in [0, 0.05) is 6.20 Å². The van der Waals surface area contributed by atoms with Crippen LogP contribution in [-0.2, 0) is 0 Å². The Balaban J connectivity index is 1.23. The van der Waals surface area contributed by atoms with E-state index in [0.29, 0.717) is 42.7 Å². The number of hydrogen-bond acceptors (Lipinski definition) is 7. The highest BCUT2D eigenvalue weighted by Crippen LogP contribution is 2.40. The van der Waals surface area contributed by atoms with E-state index in [1.165, 1.54) is 32.3 Å². The molecule has 1 aliphatic carbocycles. The normalized spacial score (nSPS) is 17.5. The Morgan fingerprint density at radius 2 is 2.06 bits per heavy atom. The van der Waals surface area contributed by atoms with Gasteiger partial charge in [0.05, 0.1) is 44.5 Å². The van der Waals surface area contributed by atoms with E-state index < -0.39 is 11.6 Å². The number of nitrogens with one attached hydrogen (secondary N) is 1. The number of amides is 1. The average Bonchev–Trinajstić information content (AvgIpc) is 3.49. The predicted molar refractivity (Wildman–Crippen MR) is 112 cm³/mol. The summed E-state index contributed by atoms with van der Waals surface area (Å²) in [6, 6.07) is 0. The van der Waals surface area contributed by atoms with Crippen molar-refractivity contribution in [2.24, 2.45) is 5.92 Å². The molecule has 2 fully saturated rings. The zero-order valence-electron chi connectivity index (χ0n) is 17.5. The molecule has 1 aliphatic heterocycles. The van der Waals surface area contributed by atoms with Crippen LogP contribution in [-0.4, -0.2) is 56.1 Å². The third-order valence-corrected chi connectivity index (χ3v) is 5.80. The van der Waals surface area contributed by atoms with Gasteiger partial charge in [-0.1, -0.05) is 12.8 Å². The lowest BCUT2D eigenvalue weighted by atomic mass is 9.90. The van der Waals surface area contributed by atoms with Gasteiger partial charge < -0.3 is 15.0 Å². The molecule has 3 aromatic heterocycles. The lowest BCUT2D eigenvalue weighted by molar-refractivity contribution is 0.101. The van der Waals surface area contributed by atoms with Crippen LogP contribution in [0.2, 0.25) is 0 Å². The second kappa shape index (κ2) is 7.44. The van der Waals surface area contributed by atoms with Crippen molar-refractivity contribution < 1.29 is 13.9 Å². The number of aromatic nitrogens is 5. The maximum Gasteiger partial charge on any atom is 0.277 e. The number of ether oxygens (including phenoxy) is 1. The van der Waals surface area contributed by atoms with Gasteiger partial charge in [0.1, 0.15) is 17.2 Å². The number of hydrogen-bond donors (Lipinski definition) is 1. The van der Waals surface area contributed by atoms with Crippen molar-refractivity contribution in [1.82, 2.24) is 24.3 Å². The fourth-order valence-electron chi connectivity index (χ4n) is 3.90. The third-order valence-electron chi connectivity index (χ3n) is 5.80. The van der Waals surface area contributed by atoms with Gasteiger partial charge in [0.15, 0.2) is 5.82 Å². The van der Waals surface area contributed by atoms with E-state index in [1.54, 1.807) is 10.6 Å². The summed E-state index contributed by atoms with van der Waals surface area (Å²) in [5, 5.41) is 2.70. The number of alkyl halides is 1. The van der Waals surface area contributed by atoms with Crippen LogP contribution in [0.3, 0.4) is 0 Å². The summed E-state index contributed by atoms with van der Waals surface area (Å²) in [6.45, 7) is 2.52. The molecule has 2 aliphatic rings. The first kappa shape index (κ1) is 19.7. The molecule has 9 nitrogen and oxygen atoms in total. The molecular weight excluding hydrogens is 401 g/mol. The predicted octanol–water partition coefficient (Wildman–Crippen LogP) is 2.81. The number of fused-ring (bicyclic) bond motifs is 1. The summed E-state index contributed by atoms with van der Waals surface area (Å²) < 4.78 is 21.7. The number of carbonyl (C=O) groups is 1. The molecule has 31 heavy (non-hydrogen) atoms. The van der Waals surface area contributed by atoms with E-state index in [4.69, 9.17) is 4.74 Å². The van der Waals surface area contributed by atoms with Gasteiger partial charge >= 0.3 is 0 Å². The Morgan fingerprint density at radius 1 is 1.26 bits per heavy atom. The van der Waals surface area contributed by atoms with Crippen LogP contribution in [0.15, 0.2) is 24.8 Å². The maximum absolute atomic E-state index is 14.7. The fraction of sp³-hybridized carbons (Fsp3) is 0.476. The van der Waals surface area contributed by atoms with Gasteiger partial charge in [0.25, 0.3) is 11.8 Å². The Hall–Kier alpha value is -3.30. The Morgan fingerprint density at radius 3 is 2.74 bits per heavy atom. The minimum Gasteiger partial charge on any atom is -0.478 e. The lowest BCUT2D eigenvalue weighted by Gasteiger charge is -2.45. The van der Waals surface area contributed by atoms with Crippen LogP contribution in [0.5, 0.6) is 5.88 Å². The second-order valence-electron chi connectivity index (χ2n) is 8.45. The van der Waals surface area contributed by atoms with Crippen molar-refractivity contribution in [2.75, 3.05) is 30.4 Å². The number of aryl methyl sites for hydroxylation is 1. The largest absolute Gasteiger partial charge is 0.478 e. The van der Waals surface area contributed by atoms with Gasteiger partial charge in [-0.05, 0) is 25.7 Å². The first-order valence-corrected chi connectivity index (χ1v) is 10.4. The molecule has 5 rings (SSSR count). The molecule has 4 heterocycles. The van der Waals surface area contributed by atoms with Crippen molar-refractivity contribution >= 4 is 23.2 Å². The Kier molecular flexibility index (Phi) is 4.71. The van der Waals surface area contributed by atoms with E-state index in [-0.39, 0.29) is 5.69 Å². The molecule has 10 heteroatoms. The smallest absolute Gasteiger partial charge is 0.277 e. The molecule has 0 radical (unpaired) electrons. The van der Waals surface area contributed by atoms with Crippen molar-refractivity contribution in [1.29, 1.82) is 0 Å². The molecule has 0 unspecified atom stereocenters. The highest BCUT2D eigenvalue weighted by atomic mass is 19.1. The van der Waals surface area contributed by atoms with E-state index in [9.17, 15) is 9.18 Å². The highest BCUT2D eigenvalue weighted by molar-refractivity contribution is 6.02. The summed E-state index contributed by atoms with van der Waals surface area (Å²) in [6.07, 6.45) is 10.4. The minimum atomic E-state index is -1.13. The number of nitrogens with zero attached hydrogens (tertiary/aromatic N) is 6. The van der Waals surface area contributed by atoms with Gasteiger partial charge in [-0.3, -0.25) is 9.20 Å². The molecule has 1 amide bonds. The SMILES string of the molecule is COc1nc(NC(=O)c2cnc(N3CC(F)(CCC4CC4)C3)cn2)cn2cc(C)nc12. The van der Waals surface area contributed by atoms with E-state index >= 15 is 0 Å². The molecular formula is C21H24FN7O2. The molecule has 0 atom stereocenters. The second-order valence-corrected chi connectivity index (χ2v) is 8.45. The van der Waals surface area contributed by atoms with E-state index in [2.05, 4.69) is 25.3 Å². The molecule has 1 saturated carbocycles. The quantitative estimate of drug-likeness (QED) is 0.622. The van der Waals surface area contributed by atoms with Crippen molar-refractivity contribution in [3.8, 4) is 5.88 Å². The number of imidazole rings is 1. The summed E-state index contributed by atoms with van der Waals surface area (Å²) >= 11 is 0. The standard InChI is InChI=1S/C21H24FN7O2/c1-13-9-28-10-16(27-20(31-2)18(28)25-13)26-19(30)15-7-24-17(8-23-15)29-11-21(22,12-29)6-5-14-3-4-14/h7-10,14H,3-6,11-12H2,1-2H3,(H,26,30). The third kappa shape index (κ3) is 4.01. The van der Waals surface area contributed by atoms with Gasteiger partial charge in [0.2, 0.25) is 5.65 Å². The molecule has 0 spiro atoms. The Bertz CT molecular complexity index is 1120. The number of carbonyl (C=O) groups excluding carboxylic acids is 1. The zero-order valence-corrected chi connectivity index (χ0v) is 17.5. The number of anilines is 2. The molecule has 1 saturated heterocycles. The summed E-state index contributed by atoms with van der Waals surface area (Å²) in [5.41, 5.74) is 0.390. The monoisotopic (exact) mass is 425 g/mol. The maximum atomic E-state index is 14.7. The number of rotatable bonds is 7. The molecule has 162 valence electrons. The molecule has 0 bridgehead atoms. The summed E-state index contributed by atoms with van der Waals surface area (Å²) in [5.74, 6) is 1.47. The molecule has 1 N–H and O–H groups in total. The van der Waals surface area contributed by atoms with Gasteiger partial charge in [-0.25, -0.2) is 19.3 Å². The summed E-state index contributed by atoms with van der Waals surface area (Å²) in [7, 11) is 1.50. The van der Waals surface area contributed by atoms with Crippen molar-refractivity contribution in [2.45, 2.75) is 38.3 Å². The highest BCUT2D eigenvalue weighted by Gasteiger charge is 2.44. The number of methoxy groups -OCH3 is 1. The van der Waals surface area contributed by atoms with Crippen LogP contribution >= 0.6 is 0 Å². The topological polar surface area (TPSA) is 97.5 Å². The van der Waals surface area contributed by atoms with Gasteiger partial charge in [-0.15, -0.1) is 0 Å². The average molecular weight is 425 g/mol. The molecule has 3 aromatic rings. The minimum absolute atomic E-state index is 0.146.